The van der Waals surface area contributed by atoms with Gasteiger partial charge in [0.15, 0.2) is 0 Å². The molecule has 0 bridgehead atoms. The van der Waals surface area contributed by atoms with Crippen molar-refractivity contribution in [1.82, 2.24) is 10.2 Å². The van der Waals surface area contributed by atoms with Crippen LogP contribution in [0.25, 0.3) is 0 Å². The number of carbonyl (C=O) groups excluding carboxylic acids is 1. The summed E-state index contributed by atoms with van der Waals surface area (Å²) in [7, 11) is 1.70. The first kappa shape index (κ1) is 9.81. The molecule has 1 N–H and O–H groups in total. The molecule has 1 unspecified atom stereocenters. The molecular weight excluding hydrogens is 176 g/mol. The maximum absolute atomic E-state index is 11.3. The molecule has 80 valence electrons. The number of amides is 2. The average Bonchev–Trinajstić information content (AvgIpc) is 1.98. The molecule has 1 spiro atoms. The van der Waals surface area contributed by atoms with Gasteiger partial charge in [0.1, 0.15) is 0 Å². The van der Waals surface area contributed by atoms with Gasteiger partial charge < -0.3 is 10.2 Å². The Balaban J connectivity index is 1.89. The van der Waals surface area contributed by atoms with Crippen molar-refractivity contribution >= 4 is 6.03 Å². The summed E-state index contributed by atoms with van der Waals surface area (Å²) in [5.41, 5.74) is 0.501. The second-order valence-corrected chi connectivity index (χ2v) is 5.16. The van der Waals surface area contributed by atoms with E-state index < -0.39 is 0 Å². The van der Waals surface area contributed by atoms with Gasteiger partial charge in [-0.25, -0.2) is 4.79 Å². The van der Waals surface area contributed by atoms with Gasteiger partial charge in [0.25, 0.3) is 0 Å². The molecule has 0 aromatic heterocycles. The fraction of sp³-hybridized carbons (Fsp3) is 0.909. The quantitative estimate of drug-likeness (QED) is 0.680. The second-order valence-electron chi connectivity index (χ2n) is 5.16. The van der Waals surface area contributed by atoms with Gasteiger partial charge in [0, 0.05) is 25.6 Å². The van der Waals surface area contributed by atoms with Gasteiger partial charge >= 0.3 is 6.03 Å². The van der Waals surface area contributed by atoms with E-state index >= 15 is 0 Å². The minimum atomic E-state index is 0.0880. The van der Waals surface area contributed by atoms with E-state index in [1.165, 1.54) is 12.8 Å². The van der Waals surface area contributed by atoms with Crippen LogP contribution < -0.4 is 5.32 Å². The molecule has 3 nitrogen and oxygen atoms in total. The van der Waals surface area contributed by atoms with E-state index in [9.17, 15) is 4.79 Å². The van der Waals surface area contributed by atoms with Crippen LogP contribution in [-0.2, 0) is 0 Å². The molecule has 3 heteroatoms. The highest BCUT2D eigenvalue weighted by atomic mass is 16.2. The number of rotatable bonds is 1. The van der Waals surface area contributed by atoms with E-state index in [0.717, 1.165) is 24.9 Å². The highest BCUT2D eigenvalue weighted by Gasteiger charge is 2.56. The lowest BCUT2D eigenvalue weighted by Crippen LogP contribution is -2.67. The average molecular weight is 196 g/mol. The summed E-state index contributed by atoms with van der Waals surface area (Å²) in [5.74, 6) is 1.62. The molecule has 2 aliphatic rings. The molecule has 14 heavy (non-hydrogen) atoms. The van der Waals surface area contributed by atoms with Gasteiger partial charge in [0.2, 0.25) is 0 Å². The van der Waals surface area contributed by atoms with Gasteiger partial charge in [-0.1, -0.05) is 13.8 Å². The zero-order valence-corrected chi connectivity index (χ0v) is 9.34. The lowest BCUT2D eigenvalue weighted by molar-refractivity contribution is -0.109. The van der Waals surface area contributed by atoms with Crippen molar-refractivity contribution < 1.29 is 4.79 Å². The first-order chi connectivity index (χ1) is 6.59. The van der Waals surface area contributed by atoms with Crippen molar-refractivity contribution in [2.24, 2.45) is 17.3 Å². The third-order valence-corrected chi connectivity index (χ3v) is 4.06. The van der Waals surface area contributed by atoms with Crippen molar-refractivity contribution in [1.29, 1.82) is 0 Å². The molecule has 2 amide bonds. The number of likely N-dealkylation sites (tertiary alicyclic amines) is 1. The van der Waals surface area contributed by atoms with Crippen LogP contribution in [0.4, 0.5) is 4.79 Å². The van der Waals surface area contributed by atoms with Crippen molar-refractivity contribution in [3.8, 4) is 0 Å². The Morgan fingerprint density at radius 1 is 1.50 bits per heavy atom. The summed E-state index contributed by atoms with van der Waals surface area (Å²) < 4.78 is 0. The number of urea groups is 1. The van der Waals surface area contributed by atoms with Crippen LogP contribution in [0.1, 0.15) is 26.7 Å². The number of hydrogen-bond donors (Lipinski definition) is 1. The second kappa shape index (κ2) is 3.14. The molecule has 0 aromatic rings. The maximum Gasteiger partial charge on any atom is 0.317 e. The molecule has 2 fully saturated rings. The summed E-state index contributed by atoms with van der Waals surface area (Å²) in [5, 5.41) is 2.68. The lowest BCUT2D eigenvalue weighted by Gasteiger charge is -2.62. The van der Waals surface area contributed by atoms with Crippen molar-refractivity contribution in [2.75, 3.05) is 20.1 Å². The molecule has 0 radical (unpaired) electrons. The van der Waals surface area contributed by atoms with Crippen LogP contribution in [0.2, 0.25) is 0 Å². The van der Waals surface area contributed by atoms with E-state index in [-0.39, 0.29) is 6.03 Å². The van der Waals surface area contributed by atoms with E-state index in [2.05, 4.69) is 19.2 Å². The van der Waals surface area contributed by atoms with Crippen LogP contribution in [0, 0.1) is 17.3 Å². The molecule has 1 aliphatic heterocycles. The molecule has 1 atom stereocenters. The van der Waals surface area contributed by atoms with Crippen molar-refractivity contribution in [3.05, 3.63) is 0 Å². The smallest absolute Gasteiger partial charge is 0.317 e. The van der Waals surface area contributed by atoms with Gasteiger partial charge in [-0.3, -0.25) is 0 Å². The summed E-state index contributed by atoms with van der Waals surface area (Å²) in [6, 6.07) is 0.0880. The van der Waals surface area contributed by atoms with Crippen LogP contribution >= 0.6 is 0 Å². The fourth-order valence-electron chi connectivity index (χ4n) is 3.17. The Morgan fingerprint density at radius 3 is 2.50 bits per heavy atom. The van der Waals surface area contributed by atoms with Gasteiger partial charge in [0.05, 0.1) is 0 Å². The molecule has 1 saturated carbocycles. The Bertz CT molecular complexity index is 244. The molecular formula is C11H20N2O. The normalized spacial score (nSPS) is 28.6. The Labute approximate surface area is 85.8 Å². The fourth-order valence-corrected chi connectivity index (χ4v) is 3.17. The summed E-state index contributed by atoms with van der Waals surface area (Å²) >= 11 is 0. The topological polar surface area (TPSA) is 32.3 Å². The van der Waals surface area contributed by atoms with Crippen molar-refractivity contribution in [3.63, 3.8) is 0 Å². The molecule has 0 aromatic carbocycles. The summed E-state index contributed by atoms with van der Waals surface area (Å²) in [6.07, 6.45) is 2.68. The first-order valence-corrected chi connectivity index (χ1v) is 5.56. The predicted molar refractivity (Wildman–Crippen MR) is 56.0 cm³/mol. The van der Waals surface area contributed by atoms with E-state index in [0.29, 0.717) is 5.41 Å². The zero-order chi connectivity index (χ0) is 10.3. The van der Waals surface area contributed by atoms with E-state index in [4.69, 9.17) is 0 Å². The Kier molecular flexibility index (Phi) is 2.20. The Hall–Kier alpha value is -0.730. The van der Waals surface area contributed by atoms with Crippen LogP contribution in [-0.4, -0.2) is 31.1 Å². The molecule has 2 rings (SSSR count). The molecule has 1 heterocycles. The monoisotopic (exact) mass is 196 g/mol. The molecule has 1 aliphatic carbocycles. The third kappa shape index (κ3) is 1.22. The molecule has 1 saturated heterocycles. The van der Waals surface area contributed by atoms with Gasteiger partial charge in [-0.05, 0) is 24.7 Å². The minimum Gasteiger partial charge on any atom is -0.341 e. The van der Waals surface area contributed by atoms with Gasteiger partial charge in [-0.15, -0.1) is 0 Å². The first-order valence-electron chi connectivity index (χ1n) is 5.56. The lowest BCUT2D eigenvalue weighted by atomic mass is 9.52. The standard InChI is InChI=1S/C11H20N2O/c1-8(2)9-4-5-11(9)6-13(7-11)10(14)12-3/h8-9H,4-7H2,1-3H3,(H,12,14). The number of nitrogens with one attached hydrogen (secondary N) is 1. The highest BCUT2D eigenvalue weighted by Crippen LogP contribution is 2.55. The van der Waals surface area contributed by atoms with Crippen molar-refractivity contribution in [2.45, 2.75) is 26.7 Å². The Morgan fingerprint density at radius 2 is 2.14 bits per heavy atom. The van der Waals surface area contributed by atoms with E-state index in [1.807, 2.05) is 4.90 Å². The zero-order valence-electron chi connectivity index (χ0n) is 9.34. The van der Waals surface area contributed by atoms with Gasteiger partial charge in [-0.2, -0.15) is 0 Å². The minimum absolute atomic E-state index is 0.0880. The van der Waals surface area contributed by atoms with Crippen LogP contribution in [0.3, 0.4) is 0 Å². The number of hydrogen-bond acceptors (Lipinski definition) is 1. The highest BCUT2D eigenvalue weighted by molar-refractivity contribution is 5.75. The maximum atomic E-state index is 11.3. The number of nitrogens with zero attached hydrogens (tertiary/aromatic N) is 1. The third-order valence-electron chi connectivity index (χ3n) is 4.06. The summed E-state index contributed by atoms with van der Waals surface area (Å²) in [4.78, 5) is 13.2. The van der Waals surface area contributed by atoms with Crippen LogP contribution in [0.5, 0.6) is 0 Å². The van der Waals surface area contributed by atoms with Crippen LogP contribution in [0.15, 0.2) is 0 Å². The largest absolute Gasteiger partial charge is 0.341 e. The SMILES string of the molecule is CNC(=O)N1CC2(CCC2C(C)C)C1. The number of carbonyl (C=O) groups is 1. The predicted octanol–water partition coefficient (Wildman–Crippen LogP) is 1.69. The van der Waals surface area contributed by atoms with E-state index in [1.54, 1.807) is 7.05 Å². The summed E-state index contributed by atoms with van der Waals surface area (Å²) in [6.45, 7) is 6.56.